The zero-order valence-corrected chi connectivity index (χ0v) is 18.1. The van der Waals surface area contributed by atoms with E-state index in [1.54, 1.807) is 6.07 Å². The van der Waals surface area contributed by atoms with Crippen LogP contribution in [-0.4, -0.2) is 56.4 Å². The lowest BCUT2D eigenvalue weighted by molar-refractivity contribution is 0.122. The van der Waals surface area contributed by atoms with Gasteiger partial charge in [-0.2, -0.15) is 10.2 Å². The first-order valence-corrected chi connectivity index (χ1v) is 10.8. The lowest BCUT2D eigenvalue weighted by Gasteiger charge is -2.28. The van der Waals surface area contributed by atoms with Crippen molar-refractivity contribution in [3.8, 4) is 22.8 Å². The molecule has 2 aromatic carbocycles. The molecule has 1 fully saturated rings. The average molecular weight is 435 g/mol. The summed E-state index contributed by atoms with van der Waals surface area (Å²) in [6.45, 7) is 7.38. The minimum absolute atomic E-state index is 0.0188. The molecule has 0 aliphatic carbocycles. The van der Waals surface area contributed by atoms with Crippen molar-refractivity contribution >= 4 is 16.6 Å². The fourth-order valence-corrected chi connectivity index (χ4v) is 4.19. The quantitative estimate of drug-likeness (QED) is 0.445. The third-order valence-corrected chi connectivity index (χ3v) is 5.76. The van der Waals surface area contributed by atoms with Crippen LogP contribution in [0.5, 0.6) is 5.75 Å². The van der Waals surface area contributed by atoms with E-state index in [0.29, 0.717) is 41.7 Å². The van der Waals surface area contributed by atoms with Crippen molar-refractivity contribution in [2.24, 2.45) is 5.92 Å². The molecule has 5 rings (SSSR count). The van der Waals surface area contributed by atoms with Gasteiger partial charge in [-0.1, -0.05) is 13.8 Å². The maximum Gasteiger partial charge on any atom is 0.348 e. The molecule has 3 heterocycles. The van der Waals surface area contributed by atoms with Crippen LogP contribution in [0, 0.1) is 5.92 Å². The molecule has 0 saturated carbocycles. The number of fused-ring (bicyclic) bond motifs is 1. The summed E-state index contributed by atoms with van der Waals surface area (Å²) in [4.78, 5) is 14.9. The van der Waals surface area contributed by atoms with Gasteiger partial charge in [0.15, 0.2) is 5.82 Å². The molecule has 1 aliphatic rings. The number of aromatic nitrogens is 5. The predicted octanol–water partition coefficient (Wildman–Crippen LogP) is 2.84. The summed E-state index contributed by atoms with van der Waals surface area (Å²) in [6.07, 6.45) is 0.830. The number of rotatable bonds is 5. The predicted molar refractivity (Wildman–Crippen MR) is 123 cm³/mol. The van der Waals surface area contributed by atoms with Crippen LogP contribution in [0.1, 0.15) is 19.5 Å². The van der Waals surface area contributed by atoms with Gasteiger partial charge in [0, 0.05) is 35.9 Å². The van der Waals surface area contributed by atoms with Gasteiger partial charge in [0.25, 0.3) is 0 Å². The molecule has 1 aliphatic heterocycles. The SMILES string of the molecule is CC(C)Cc1[nH]nc2cc(O)c(-c3n[nH]c(=O)n3-c3ccc(N4CCOCC4)cc3)cc12. The Labute approximate surface area is 184 Å². The molecule has 0 bridgehead atoms. The number of phenols is 1. The first-order chi connectivity index (χ1) is 15.5. The fourth-order valence-electron chi connectivity index (χ4n) is 4.19. The van der Waals surface area contributed by atoms with Crippen molar-refractivity contribution in [1.29, 1.82) is 0 Å². The number of hydrogen-bond donors (Lipinski definition) is 3. The third kappa shape index (κ3) is 3.64. The van der Waals surface area contributed by atoms with Crippen LogP contribution in [0.3, 0.4) is 0 Å². The van der Waals surface area contributed by atoms with E-state index in [2.05, 4.69) is 39.1 Å². The Morgan fingerprint density at radius 2 is 1.78 bits per heavy atom. The second-order valence-electron chi connectivity index (χ2n) is 8.49. The number of aromatic amines is 2. The Kier molecular flexibility index (Phi) is 5.18. The molecule has 9 heteroatoms. The van der Waals surface area contributed by atoms with Gasteiger partial charge >= 0.3 is 5.69 Å². The molecule has 3 N–H and O–H groups in total. The Hall–Kier alpha value is -3.59. The van der Waals surface area contributed by atoms with Crippen LogP contribution in [0.15, 0.2) is 41.2 Å². The van der Waals surface area contributed by atoms with Gasteiger partial charge < -0.3 is 14.7 Å². The summed E-state index contributed by atoms with van der Waals surface area (Å²) < 4.78 is 6.90. The van der Waals surface area contributed by atoms with E-state index in [1.807, 2.05) is 30.3 Å². The van der Waals surface area contributed by atoms with Crippen molar-refractivity contribution in [1.82, 2.24) is 25.0 Å². The Bertz CT molecular complexity index is 1300. The third-order valence-electron chi connectivity index (χ3n) is 5.76. The average Bonchev–Trinajstić information content (AvgIpc) is 3.36. The largest absolute Gasteiger partial charge is 0.507 e. The van der Waals surface area contributed by atoms with Gasteiger partial charge in [0.2, 0.25) is 0 Å². The van der Waals surface area contributed by atoms with Gasteiger partial charge in [0.05, 0.1) is 30.0 Å². The maximum absolute atomic E-state index is 12.7. The smallest absolute Gasteiger partial charge is 0.348 e. The van der Waals surface area contributed by atoms with E-state index in [9.17, 15) is 9.90 Å². The number of hydrogen-bond acceptors (Lipinski definition) is 6. The molecule has 2 aromatic heterocycles. The number of aromatic hydroxyl groups is 1. The second kappa shape index (κ2) is 8.16. The molecule has 0 unspecified atom stereocenters. The number of nitrogens with one attached hydrogen (secondary N) is 2. The summed E-state index contributed by atoms with van der Waals surface area (Å²) in [7, 11) is 0. The Morgan fingerprint density at radius 3 is 2.50 bits per heavy atom. The van der Waals surface area contributed by atoms with E-state index in [1.165, 1.54) is 4.57 Å². The first-order valence-electron chi connectivity index (χ1n) is 10.8. The zero-order valence-electron chi connectivity index (χ0n) is 18.1. The molecule has 166 valence electrons. The molecule has 0 radical (unpaired) electrons. The van der Waals surface area contributed by atoms with E-state index in [-0.39, 0.29) is 11.4 Å². The van der Waals surface area contributed by atoms with Crippen LogP contribution in [-0.2, 0) is 11.2 Å². The molecule has 32 heavy (non-hydrogen) atoms. The normalized spacial score (nSPS) is 14.5. The number of benzene rings is 2. The van der Waals surface area contributed by atoms with Crippen LogP contribution in [0.25, 0.3) is 28.0 Å². The van der Waals surface area contributed by atoms with E-state index >= 15 is 0 Å². The number of anilines is 1. The fraction of sp³-hybridized carbons (Fsp3) is 0.348. The first kappa shape index (κ1) is 20.3. The molecule has 0 spiro atoms. The number of ether oxygens (including phenoxy) is 1. The van der Waals surface area contributed by atoms with Crippen LogP contribution < -0.4 is 10.6 Å². The van der Waals surface area contributed by atoms with Crippen LogP contribution >= 0.6 is 0 Å². The number of H-pyrrole nitrogens is 2. The summed E-state index contributed by atoms with van der Waals surface area (Å²) in [6, 6.07) is 11.2. The van der Waals surface area contributed by atoms with E-state index in [4.69, 9.17) is 4.74 Å². The molecular weight excluding hydrogens is 408 g/mol. The highest BCUT2D eigenvalue weighted by molar-refractivity contribution is 5.89. The highest BCUT2D eigenvalue weighted by Gasteiger charge is 2.19. The monoisotopic (exact) mass is 434 g/mol. The molecule has 0 atom stereocenters. The lowest BCUT2D eigenvalue weighted by atomic mass is 10.0. The van der Waals surface area contributed by atoms with Gasteiger partial charge in [-0.05, 0) is 42.7 Å². The molecule has 0 amide bonds. The highest BCUT2D eigenvalue weighted by Crippen LogP contribution is 2.34. The van der Waals surface area contributed by atoms with Crippen molar-refractivity contribution < 1.29 is 9.84 Å². The minimum atomic E-state index is -0.367. The van der Waals surface area contributed by atoms with Gasteiger partial charge in [-0.25, -0.2) is 14.5 Å². The lowest BCUT2D eigenvalue weighted by Crippen LogP contribution is -2.36. The standard InChI is InChI=1S/C23H26N6O3/c1-14(2)11-19-17-12-18(21(30)13-20(17)25-24-19)22-26-27-23(31)29(22)16-5-3-15(4-6-16)28-7-9-32-10-8-28/h3-6,12-14,30H,7-11H2,1-2H3,(H,24,25)(H,27,31). The van der Waals surface area contributed by atoms with E-state index < -0.39 is 0 Å². The van der Waals surface area contributed by atoms with Crippen LogP contribution in [0.2, 0.25) is 0 Å². The van der Waals surface area contributed by atoms with Crippen LogP contribution in [0.4, 0.5) is 5.69 Å². The minimum Gasteiger partial charge on any atom is -0.507 e. The van der Waals surface area contributed by atoms with Gasteiger partial charge in [-0.15, -0.1) is 0 Å². The molecular formula is C23H26N6O3. The van der Waals surface area contributed by atoms with Crippen molar-refractivity contribution in [3.05, 3.63) is 52.6 Å². The van der Waals surface area contributed by atoms with Gasteiger partial charge in [0.1, 0.15) is 5.75 Å². The number of morpholine rings is 1. The summed E-state index contributed by atoms with van der Waals surface area (Å²) >= 11 is 0. The van der Waals surface area contributed by atoms with Crippen molar-refractivity contribution in [2.75, 3.05) is 31.2 Å². The van der Waals surface area contributed by atoms with Gasteiger partial charge in [-0.3, -0.25) is 5.10 Å². The Balaban J connectivity index is 1.56. The maximum atomic E-state index is 12.7. The van der Waals surface area contributed by atoms with Crippen molar-refractivity contribution in [2.45, 2.75) is 20.3 Å². The summed E-state index contributed by atoms with van der Waals surface area (Å²) in [5, 5.41) is 25.7. The van der Waals surface area contributed by atoms with Crippen molar-refractivity contribution in [3.63, 3.8) is 0 Å². The molecule has 4 aromatic rings. The second-order valence-corrected chi connectivity index (χ2v) is 8.49. The number of phenolic OH excluding ortho intramolecular Hbond substituents is 1. The summed E-state index contributed by atoms with van der Waals surface area (Å²) in [5.41, 5.74) is 3.53. The van der Waals surface area contributed by atoms with E-state index in [0.717, 1.165) is 36.3 Å². The molecule has 1 saturated heterocycles. The highest BCUT2D eigenvalue weighted by atomic mass is 16.5. The summed E-state index contributed by atoms with van der Waals surface area (Å²) in [5.74, 6) is 0.819. The Morgan fingerprint density at radius 1 is 1.06 bits per heavy atom. The molecule has 9 nitrogen and oxygen atoms in total. The zero-order chi connectivity index (χ0) is 22.2. The number of nitrogens with zero attached hydrogens (tertiary/aromatic N) is 4. The topological polar surface area (TPSA) is 112 Å².